The number of benzene rings is 2. The van der Waals surface area contributed by atoms with Crippen LogP contribution in [0.5, 0.6) is 0 Å². The van der Waals surface area contributed by atoms with Crippen LogP contribution in [-0.4, -0.2) is 27.1 Å². The van der Waals surface area contributed by atoms with E-state index in [4.69, 9.17) is 4.42 Å². The topological polar surface area (TPSA) is 52.8 Å². The Morgan fingerprint density at radius 3 is 2.54 bits per heavy atom. The maximum atomic E-state index is 5.95. The molecule has 3 rings (SSSR count). The average Bonchev–Trinajstić information content (AvgIpc) is 2.98. The monoisotopic (exact) mass is 350 g/mol. The maximum Gasteiger partial charge on any atom is 0.191 e. The maximum absolute atomic E-state index is 5.95. The van der Waals surface area contributed by atoms with Crippen LogP contribution in [0.2, 0.25) is 0 Å². The lowest BCUT2D eigenvalue weighted by Gasteiger charge is -2.15. The van der Waals surface area contributed by atoms with Crippen molar-refractivity contribution in [3.63, 3.8) is 0 Å². The molecule has 0 bridgehead atoms. The van der Waals surface area contributed by atoms with Gasteiger partial charge in [0.2, 0.25) is 0 Å². The van der Waals surface area contributed by atoms with Crippen molar-refractivity contribution in [2.75, 3.05) is 26.0 Å². The molecule has 0 unspecified atom stereocenters. The Kier molecular flexibility index (Phi) is 5.46. The molecule has 2 aromatic carbocycles. The van der Waals surface area contributed by atoms with Crippen LogP contribution in [0.15, 0.2) is 57.9 Å². The van der Waals surface area contributed by atoms with Gasteiger partial charge in [-0.3, -0.25) is 4.99 Å². The van der Waals surface area contributed by atoms with Gasteiger partial charge < -0.3 is 20.0 Å². The molecule has 0 saturated carbocycles. The Morgan fingerprint density at radius 2 is 1.81 bits per heavy atom. The third-order valence-corrected chi connectivity index (χ3v) is 4.47. The summed E-state index contributed by atoms with van der Waals surface area (Å²) in [4.78, 5) is 6.40. The fraction of sp³-hybridized carbons (Fsp3) is 0.286. The molecular formula is C21H26N4O. The minimum absolute atomic E-state index is 0.595. The highest BCUT2D eigenvalue weighted by Gasteiger charge is 2.10. The van der Waals surface area contributed by atoms with Crippen LogP contribution in [0, 0.1) is 6.92 Å². The van der Waals surface area contributed by atoms with Gasteiger partial charge in [0.05, 0.1) is 6.54 Å². The highest BCUT2D eigenvalue weighted by atomic mass is 16.3. The number of furan rings is 1. The van der Waals surface area contributed by atoms with Gasteiger partial charge in [-0.05, 0) is 30.7 Å². The number of aliphatic imine (C=N–C) groups is 1. The smallest absolute Gasteiger partial charge is 0.191 e. The number of para-hydroxylation sites is 1. The molecule has 3 aromatic rings. The van der Waals surface area contributed by atoms with Gasteiger partial charge in [-0.25, -0.2) is 0 Å². The Hall–Kier alpha value is -2.95. The van der Waals surface area contributed by atoms with Crippen LogP contribution < -0.4 is 15.5 Å². The van der Waals surface area contributed by atoms with Crippen LogP contribution in [0.3, 0.4) is 0 Å². The lowest BCUT2D eigenvalue weighted by atomic mass is 10.1. The molecule has 0 aliphatic heterocycles. The zero-order chi connectivity index (χ0) is 18.5. The van der Waals surface area contributed by atoms with Crippen molar-refractivity contribution in [3.8, 4) is 0 Å². The molecule has 0 aliphatic rings. The van der Waals surface area contributed by atoms with E-state index >= 15 is 0 Å². The summed E-state index contributed by atoms with van der Waals surface area (Å²) in [7, 11) is 5.86. The molecule has 1 heterocycles. The second kappa shape index (κ2) is 7.95. The molecule has 2 N–H and O–H groups in total. The standard InChI is InChI=1S/C21H26N4O/c1-15-18-10-5-6-11-19(18)26-20(15)14-24-21(22-2)23-13-16-8-7-9-17(12-16)25(3)4/h5-12H,13-14H2,1-4H3,(H2,22,23,24). The molecule has 0 spiro atoms. The van der Waals surface area contributed by atoms with Gasteiger partial charge in [0.15, 0.2) is 5.96 Å². The Morgan fingerprint density at radius 1 is 1.04 bits per heavy atom. The van der Waals surface area contributed by atoms with Crippen LogP contribution in [0.1, 0.15) is 16.9 Å². The number of fused-ring (bicyclic) bond motifs is 1. The van der Waals surface area contributed by atoms with E-state index in [1.807, 2.05) is 32.3 Å². The van der Waals surface area contributed by atoms with Gasteiger partial charge in [0, 0.05) is 44.3 Å². The highest BCUT2D eigenvalue weighted by molar-refractivity contribution is 5.83. The predicted octanol–water partition coefficient (Wildman–Crippen LogP) is 3.67. The summed E-state index contributed by atoms with van der Waals surface area (Å²) in [5.41, 5.74) is 4.48. The lowest BCUT2D eigenvalue weighted by molar-refractivity contribution is 0.534. The van der Waals surface area contributed by atoms with Crippen molar-refractivity contribution in [2.45, 2.75) is 20.0 Å². The average molecular weight is 350 g/mol. The van der Waals surface area contributed by atoms with Gasteiger partial charge in [0.1, 0.15) is 11.3 Å². The lowest BCUT2D eigenvalue weighted by Crippen LogP contribution is -2.36. The molecule has 0 atom stereocenters. The van der Waals surface area contributed by atoms with E-state index in [-0.39, 0.29) is 0 Å². The van der Waals surface area contributed by atoms with E-state index in [2.05, 4.69) is 57.8 Å². The fourth-order valence-corrected chi connectivity index (χ4v) is 2.91. The summed E-state index contributed by atoms with van der Waals surface area (Å²) < 4.78 is 5.95. The number of anilines is 1. The molecular weight excluding hydrogens is 324 g/mol. The minimum atomic E-state index is 0.595. The van der Waals surface area contributed by atoms with Crippen molar-refractivity contribution in [3.05, 3.63) is 65.4 Å². The molecule has 0 saturated heterocycles. The van der Waals surface area contributed by atoms with Gasteiger partial charge in [-0.2, -0.15) is 0 Å². The van der Waals surface area contributed by atoms with Crippen molar-refractivity contribution >= 4 is 22.6 Å². The molecule has 5 nitrogen and oxygen atoms in total. The van der Waals surface area contributed by atoms with Gasteiger partial charge >= 0.3 is 0 Å². The van der Waals surface area contributed by atoms with Gasteiger partial charge in [0.25, 0.3) is 0 Å². The zero-order valence-corrected chi connectivity index (χ0v) is 15.8. The summed E-state index contributed by atoms with van der Waals surface area (Å²) in [5.74, 6) is 1.68. The van der Waals surface area contributed by atoms with Gasteiger partial charge in [-0.15, -0.1) is 0 Å². The minimum Gasteiger partial charge on any atom is -0.459 e. The number of hydrogen-bond donors (Lipinski definition) is 2. The summed E-state index contributed by atoms with van der Waals surface area (Å²) in [6, 6.07) is 16.6. The van der Waals surface area contributed by atoms with Crippen LogP contribution in [0.25, 0.3) is 11.0 Å². The van der Waals surface area contributed by atoms with E-state index in [1.165, 1.54) is 16.8 Å². The van der Waals surface area contributed by atoms with E-state index in [1.54, 1.807) is 7.05 Å². The fourth-order valence-electron chi connectivity index (χ4n) is 2.91. The first-order valence-corrected chi connectivity index (χ1v) is 8.76. The quantitative estimate of drug-likeness (QED) is 0.544. The predicted molar refractivity (Wildman–Crippen MR) is 109 cm³/mol. The largest absolute Gasteiger partial charge is 0.459 e. The SMILES string of the molecule is CN=C(NCc1cccc(N(C)C)c1)NCc1oc2ccccc2c1C. The number of nitrogens with one attached hydrogen (secondary N) is 2. The molecule has 0 aliphatic carbocycles. The normalized spacial score (nSPS) is 11.6. The molecule has 26 heavy (non-hydrogen) atoms. The Labute approximate surface area is 154 Å². The number of nitrogens with zero attached hydrogens (tertiary/aromatic N) is 2. The van der Waals surface area contributed by atoms with Crippen molar-refractivity contribution in [1.82, 2.24) is 10.6 Å². The number of rotatable bonds is 5. The summed E-state index contributed by atoms with van der Waals surface area (Å²) >= 11 is 0. The molecule has 1 aromatic heterocycles. The third kappa shape index (κ3) is 3.99. The Bertz CT molecular complexity index is 911. The molecule has 0 amide bonds. The molecule has 0 fully saturated rings. The second-order valence-corrected chi connectivity index (χ2v) is 6.49. The van der Waals surface area contributed by atoms with Crippen LogP contribution >= 0.6 is 0 Å². The van der Waals surface area contributed by atoms with Crippen molar-refractivity contribution in [1.29, 1.82) is 0 Å². The highest BCUT2D eigenvalue weighted by Crippen LogP contribution is 2.24. The first kappa shape index (κ1) is 17.9. The summed E-state index contributed by atoms with van der Waals surface area (Å²) in [6.45, 7) is 3.39. The van der Waals surface area contributed by atoms with Crippen LogP contribution in [-0.2, 0) is 13.1 Å². The zero-order valence-electron chi connectivity index (χ0n) is 15.8. The third-order valence-electron chi connectivity index (χ3n) is 4.47. The van der Waals surface area contributed by atoms with Crippen molar-refractivity contribution < 1.29 is 4.42 Å². The summed E-state index contributed by atoms with van der Waals surface area (Å²) in [6.07, 6.45) is 0. The molecule has 5 heteroatoms. The van der Waals surface area contributed by atoms with E-state index in [0.717, 1.165) is 22.7 Å². The van der Waals surface area contributed by atoms with Gasteiger partial charge in [-0.1, -0.05) is 30.3 Å². The Balaban J connectivity index is 1.61. The second-order valence-electron chi connectivity index (χ2n) is 6.49. The molecule has 136 valence electrons. The number of aryl methyl sites for hydroxylation is 1. The van der Waals surface area contributed by atoms with E-state index < -0.39 is 0 Å². The van der Waals surface area contributed by atoms with Crippen LogP contribution in [0.4, 0.5) is 5.69 Å². The van der Waals surface area contributed by atoms with E-state index in [9.17, 15) is 0 Å². The summed E-state index contributed by atoms with van der Waals surface area (Å²) in [5, 5.41) is 7.84. The first-order chi connectivity index (χ1) is 12.6. The van der Waals surface area contributed by atoms with Crippen molar-refractivity contribution in [2.24, 2.45) is 4.99 Å². The van der Waals surface area contributed by atoms with E-state index in [0.29, 0.717) is 13.1 Å². The number of guanidine groups is 1. The first-order valence-electron chi connectivity index (χ1n) is 8.76. The molecule has 0 radical (unpaired) electrons. The number of hydrogen-bond acceptors (Lipinski definition) is 3.